The average Bonchev–Trinajstić information content (AvgIpc) is 3.72. The minimum atomic E-state index is -2.66. The van der Waals surface area contributed by atoms with Crippen molar-refractivity contribution in [2.24, 2.45) is 10.8 Å². The summed E-state index contributed by atoms with van der Waals surface area (Å²) in [7, 11) is 0. The van der Waals surface area contributed by atoms with Crippen molar-refractivity contribution in [2.75, 3.05) is 0 Å². The van der Waals surface area contributed by atoms with Gasteiger partial charge in [0.25, 0.3) is 0 Å². The molecule has 0 radical (unpaired) electrons. The van der Waals surface area contributed by atoms with Crippen LogP contribution in [0.3, 0.4) is 0 Å². The van der Waals surface area contributed by atoms with Crippen LogP contribution in [0, 0.1) is 38.5 Å². The third-order valence-corrected chi connectivity index (χ3v) is 34.4. The van der Waals surface area contributed by atoms with Gasteiger partial charge in [0.05, 0.1) is 0 Å². The molecule has 2 aliphatic carbocycles. The van der Waals surface area contributed by atoms with Gasteiger partial charge in [0, 0.05) is 0 Å². The van der Waals surface area contributed by atoms with E-state index in [1.54, 1.807) is 22.3 Å². The van der Waals surface area contributed by atoms with Crippen LogP contribution >= 0.6 is 0 Å². The molecule has 2 heteroatoms. The zero-order valence-electron chi connectivity index (χ0n) is 38.3. The van der Waals surface area contributed by atoms with Gasteiger partial charge in [-0.1, -0.05) is 0 Å². The van der Waals surface area contributed by atoms with Gasteiger partial charge >= 0.3 is 374 Å². The fraction of sp³-hybridized carbons (Fsp3) is 0.310. The molecule has 0 fully saturated rings. The van der Waals surface area contributed by atoms with Gasteiger partial charge in [0.2, 0.25) is 0 Å². The Labute approximate surface area is 371 Å². The first-order valence-corrected chi connectivity index (χ1v) is 32.3. The number of benzene rings is 6. The van der Waals surface area contributed by atoms with E-state index in [0.29, 0.717) is 7.25 Å². The summed E-state index contributed by atoms with van der Waals surface area (Å²) >= 11 is -2.66. The van der Waals surface area contributed by atoms with Gasteiger partial charge in [-0.15, -0.1) is 0 Å². The second-order valence-corrected chi connectivity index (χ2v) is 40.9. The fourth-order valence-corrected chi connectivity index (χ4v) is 32.9. The molecular weight excluding hydrogens is 816 g/mol. The van der Waals surface area contributed by atoms with E-state index in [0.717, 1.165) is 12.8 Å². The third kappa shape index (κ3) is 8.67. The van der Waals surface area contributed by atoms with Crippen molar-refractivity contribution in [1.29, 1.82) is 0 Å². The minimum absolute atomic E-state index is 0.163. The molecule has 0 bridgehead atoms. The molecule has 0 spiro atoms. The van der Waals surface area contributed by atoms with Gasteiger partial charge in [0.15, 0.2) is 0 Å². The molecule has 2 aliphatic rings. The van der Waals surface area contributed by atoms with Crippen molar-refractivity contribution >= 4 is 18.1 Å². The first kappa shape index (κ1) is 42.6. The number of rotatable bonds is 9. The molecule has 0 amide bonds. The van der Waals surface area contributed by atoms with Crippen LogP contribution in [0.15, 0.2) is 132 Å². The second-order valence-electron chi connectivity index (χ2n) is 20.9. The van der Waals surface area contributed by atoms with E-state index < -0.39 is 26.8 Å². The van der Waals surface area contributed by atoms with Crippen LogP contribution in [0.4, 0.5) is 0 Å². The van der Waals surface area contributed by atoms with Gasteiger partial charge in [-0.05, 0) is 0 Å². The molecule has 8 rings (SSSR count). The maximum atomic E-state index is 2.75. The van der Waals surface area contributed by atoms with Crippen LogP contribution in [0.5, 0.6) is 0 Å². The van der Waals surface area contributed by atoms with Crippen molar-refractivity contribution in [3.05, 3.63) is 177 Å². The van der Waals surface area contributed by atoms with Gasteiger partial charge in [0.1, 0.15) is 0 Å². The second kappa shape index (κ2) is 16.6. The molecule has 305 valence electrons. The molecule has 0 aromatic heterocycles. The standard InChI is InChI=1S/2C28H29.C2H7Si.Zr/c2*1-19-6-10-22(11-7-19)24-14-15-25(23-12-8-20(2)9-13-23)27-17-21(16-26(24)27)18-28(3,4)5;1-3-2;/h2*6-17H,18H2,1-5H3;3H,1-2H3;. The summed E-state index contributed by atoms with van der Waals surface area (Å²) in [5.41, 5.74) is 26.3. The zero-order valence-corrected chi connectivity index (χ0v) is 42.0. The predicted molar refractivity (Wildman–Crippen MR) is 262 cm³/mol. The fourth-order valence-electron chi connectivity index (χ4n) is 10.2. The molecular formula is C58H65SiZr. The molecule has 2 atom stereocenters. The monoisotopic (exact) mass is 879 g/mol. The Morgan fingerprint density at radius 2 is 0.667 bits per heavy atom. The van der Waals surface area contributed by atoms with E-state index in [-0.39, 0.29) is 10.8 Å². The van der Waals surface area contributed by atoms with Crippen LogP contribution in [-0.4, -0.2) is 5.92 Å². The molecule has 6 aromatic rings. The Balaban J connectivity index is 1.45. The molecule has 0 saturated heterocycles. The van der Waals surface area contributed by atoms with Crippen LogP contribution in [0.25, 0.3) is 56.7 Å². The summed E-state index contributed by atoms with van der Waals surface area (Å²) in [6.45, 7) is 29.1. The molecule has 0 aliphatic heterocycles. The molecule has 60 heavy (non-hydrogen) atoms. The molecule has 0 N–H and O–H groups in total. The van der Waals surface area contributed by atoms with E-state index in [4.69, 9.17) is 0 Å². The summed E-state index contributed by atoms with van der Waals surface area (Å²) in [6.07, 6.45) is 7.68. The van der Waals surface area contributed by atoms with Gasteiger partial charge < -0.3 is 0 Å². The van der Waals surface area contributed by atoms with E-state index in [1.807, 2.05) is 0 Å². The van der Waals surface area contributed by atoms with Crippen molar-refractivity contribution in [3.63, 3.8) is 0 Å². The molecule has 0 nitrogen and oxygen atoms in total. The Kier molecular flexibility index (Phi) is 11.8. The molecule has 0 heterocycles. The number of hydrogen-bond donors (Lipinski definition) is 0. The maximum absolute atomic E-state index is 2.75. The molecule has 6 aromatic carbocycles. The average molecular weight is 881 g/mol. The van der Waals surface area contributed by atoms with E-state index in [1.165, 1.54) is 77.9 Å². The quantitative estimate of drug-likeness (QED) is 0.127. The summed E-state index contributed by atoms with van der Waals surface area (Å²) in [6, 6.07) is 47.3. The first-order valence-electron chi connectivity index (χ1n) is 22.4. The Morgan fingerprint density at radius 1 is 0.400 bits per heavy atom. The number of fused-ring (bicyclic) bond motifs is 2. The van der Waals surface area contributed by atoms with Crippen molar-refractivity contribution < 1.29 is 20.9 Å². The topological polar surface area (TPSA) is 0 Å². The van der Waals surface area contributed by atoms with Crippen LogP contribution in [0.2, 0.25) is 13.1 Å². The SMILES string of the molecule is Cc1ccc(-c2ccc(-c3ccc(C)cc3)c3c2C=C(CC(C)(C)C)[CH]3[Zr]([CH]2C(CC(C)(C)C)=Cc3c(-c4ccc(C)cc4)ccc(-c4ccc(C)cc4)c32)[SiH](C)C)cc1. The summed E-state index contributed by atoms with van der Waals surface area (Å²) in [5, 5.41) is 0. The number of aryl methyl sites for hydroxylation is 4. The Morgan fingerprint density at radius 3 is 0.933 bits per heavy atom. The van der Waals surface area contributed by atoms with Gasteiger partial charge in [-0.3, -0.25) is 0 Å². The van der Waals surface area contributed by atoms with Crippen LogP contribution in [0.1, 0.15) is 106 Å². The molecule has 2 unspecified atom stereocenters. The predicted octanol–water partition coefficient (Wildman–Crippen LogP) is 16.6. The zero-order chi connectivity index (χ0) is 42.7. The number of hydrogen-bond acceptors (Lipinski definition) is 0. The summed E-state index contributed by atoms with van der Waals surface area (Å²) in [4.78, 5) is 0. The third-order valence-electron chi connectivity index (χ3n) is 12.8. The first-order chi connectivity index (χ1) is 28.5. The van der Waals surface area contributed by atoms with E-state index in [9.17, 15) is 0 Å². The van der Waals surface area contributed by atoms with Gasteiger partial charge in [-0.25, -0.2) is 0 Å². The summed E-state index contributed by atoms with van der Waals surface area (Å²) < 4.78 is 0.978. The Hall–Kier alpha value is -4.10. The van der Waals surface area contributed by atoms with Crippen molar-refractivity contribution in [1.82, 2.24) is 0 Å². The van der Waals surface area contributed by atoms with E-state index >= 15 is 0 Å². The van der Waals surface area contributed by atoms with E-state index in [2.05, 4.69) is 216 Å². The summed E-state index contributed by atoms with van der Waals surface area (Å²) in [5.74, 6) is -1.25. The van der Waals surface area contributed by atoms with Crippen LogP contribution < -0.4 is 0 Å². The molecule has 0 saturated carbocycles. The van der Waals surface area contributed by atoms with Crippen molar-refractivity contribution in [3.8, 4) is 44.5 Å². The number of allylic oxidation sites excluding steroid dienone is 2. The van der Waals surface area contributed by atoms with Gasteiger partial charge in [-0.2, -0.15) is 0 Å². The normalized spacial score (nSPS) is 16.1. The Bertz CT molecular complexity index is 2410. The van der Waals surface area contributed by atoms with Crippen molar-refractivity contribution in [2.45, 2.75) is 102 Å². The van der Waals surface area contributed by atoms with Crippen LogP contribution in [-0.2, 0) is 20.9 Å².